The van der Waals surface area contributed by atoms with Crippen LogP contribution in [-0.2, 0) is 11.0 Å². The van der Waals surface area contributed by atoms with Crippen molar-refractivity contribution in [2.45, 2.75) is 25.4 Å². The molecule has 0 radical (unpaired) electrons. The third-order valence-electron chi connectivity index (χ3n) is 2.98. The second kappa shape index (κ2) is 3.61. The molecule has 16 heavy (non-hydrogen) atoms. The van der Waals surface area contributed by atoms with Crippen molar-refractivity contribution < 1.29 is 18.0 Å². The molecule has 1 nitrogen and oxygen atoms in total. The van der Waals surface area contributed by atoms with Gasteiger partial charge in [-0.3, -0.25) is 4.79 Å². The summed E-state index contributed by atoms with van der Waals surface area (Å²) in [5.74, 6) is -0.485. The Kier molecular flexibility index (Phi) is 2.52. The fourth-order valence-electron chi connectivity index (χ4n) is 2.07. The van der Waals surface area contributed by atoms with Crippen LogP contribution in [-0.4, -0.2) is 5.78 Å². The minimum atomic E-state index is -4.33. The first-order valence-electron chi connectivity index (χ1n) is 5.08. The third-order valence-corrected chi connectivity index (χ3v) is 2.98. The number of halogens is 3. The second-order valence-corrected chi connectivity index (χ2v) is 4.14. The minimum absolute atomic E-state index is 0.0259. The number of hydrogen-bond donors (Lipinski definition) is 0. The molecule has 0 N–H and O–H groups in total. The van der Waals surface area contributed by atoms with E-state index in [-0.39, 0.29) is 23.2 Å². The van der Waals surface area contributed by atoms with Crippen LogP contribution < -0.4 is 0 Å². The Morgan fingerprint density at radius 3 is 2.44 bits per heavy atom. The summed E-state index contributed by atoms with van der Waals surface area (Å²) in [5.41, 5.74) is -0.348. The second-order valence-electron chi connectivity index (χ2n) is 4.14. The van der Waals surface area contributed by atoms with E-state index in [4.69, 9.17) is 0 Å². The molecule has 0 aliphatic heterocycles. The number of ketones is 1. The molecule has 1 fully saturated rings. The summed E-state index contributed by atoms with van der Waals surface area (Å²) in [4.78, 5) is 11.1. The molecule has 0 saturated heterocycles. The molecule has 0 heterocycles. The average Bonchev–Trinajstić information content (AvgIpc) is 2.95. The van der Waals surface area contributed by atoms with Crippen LogP contribution in [0, 0.1) is 5.92 Å². The Morgan fingerprint density at radius 1 is 1.31 bits per heavy atom. The summed E-state index contributed by atoms with van der Waals surface area (Å²) < 4.78 is 38.0. The lowest BCUT2D eigenvalue weighted by molar-refractivity contribution is -0.138. The zero-order valence-electron chi connectivity index (χ0n) is 8.71. The smallest absolute Gasteiger partial charge is 0.300 e. The van der Waals surface area contributed by atoms with E-state index >= 15 is 0 Å². The van der Waals surface area contributed by atoms with Gasteiger partial charge in [0.15, 0.2) is 0 Å². The number of rotatable bonds is 2. The van der Waals surface area contributed by atoms with E-state index in [2.05, 4.69) is 0 Å². The molecule has 1 saturated carbocycles. The van der Waals surface area contributed by atoms with Crippen LogP contribution in [0.4, 0.5) is 13.2 Å². The van der Waals surface area contributed by atoms with Gasteiger partial charge in [0.1, 0.15) is 5.78 Å². The van der Waals surface area contributed by atoms with Crippen molar-refractivity contribution in [3.05, 3.63) is 35.4 Å². The van der Waals surface area contributed by atoms with E-state index < -0.39 is 11.7 Å². The molecule has 0 spiro atoms. The number of hydrogen-bond acceptors (Lipinski definition) is 1. The first-order valence-corrected chi connectivity index (χ1v) is 5.08. The Balaban J connectivity index is 2.33. The standard InChI is InChI=1S/C12H11F3O/c1-7(16)9-6-10(9)8-4-2-3-5-11(8)12(13,14)15/h2-5,9-10H,6H2,1H3. The Hall–Kier alpha value is -1.32. The van der Waals surface area contributed by atoms with Crippen molar-refractivity contribution in [1.29, 1.82) is 0 Å². The van der Waals surface area contributed by atoms with Gasteiger partial charge in [0, 0.05) is 5.92 Å². The van der Waals surface area contributed by atoms with E-state index in [1.807, 2.05) is 0 Å². The van der Waals surface area contributed by atoms with E-state index in [0.717, 1.165) is 6.07 Å². The number of benzene rings is 1. The normalized spacial score (nSPS) is 24.2. The first kappa shape index (κ1) is 11.2. The summed E-state index contributed by atoms with van der Waals surface area (Å²) >= 11 is 0. The molecule has 1 aliphatic rings. The molecule has 2 atom stereocenters. The molecule has 0 bridgehead atoms. The van der Waals surface area contributed by atoms with Gasteiger partial charge in [0.2, 0.25) is 0 Å². The Labute approximate surface area is 91.3 Å². The van der Waals surface area contributed by atoms with Crippen molar-refractivity contribution in [1.82, 2.24) is 0 Å². The van der Waals surface area contributed by atoms with Crippen molar-refractivity contribution in [3.63, 3.8) is 0 Å². The quantitative estimate of drug-likeness (QED) is 0.758. The van der Waals surface area contributed by atoms with Crippen molar-refractivity contribution in [2.75, 3.05) is 0 Å². The predicted octanol–water partition coefficient (Wildman–Crippen LogP) is 3.40. The van der Waals surface area contributed by atoms with Gasteiger partial charge in [-0.1, -0.05) is 18.2 Å². The lowest BCUT2D eigenvalue weighted by Crippen LogP contribution is -2.09. The van der Waals surface area contributed by atoms with Crippen LogP contribution in [0.25, 0.3) is 0 Å². The van der Waals surface area contributed by atoms with Crippen LogP contribution in [0.1, 0.15) is 30.4 Å². The number of carbonyl (C=O) groups is 1. The fourth-order valence-corrected chi connectivity index (χ4v) is 2.07. The monoisotopic (exact) mass is 228 g/mol. The third kappa shape index (κ3) is 1.96. The SMILES string of the molecule is CC(=O)C1CC1c1ccccc1C(F)(F)F. The summed E-state index contributed by atoms with van der Waals surface area (Å²) in [6.07, 6.45) is -3.79. The molecule has 1 aromatic rings. The number of carbonyl (C=O) groups excluding carboxylic acids is 1. The number of alkyl halides is 3. The van der Waals surface area contributed by atoms with Gasteiger partial charge < -0.3 is 0 Å². The molecule has 0 amide bonds. The Bertz CT molecular complexity index is 423. The van der Waals surface area contributed by atoms with E-state index in [9.17, 15) is 18.0 Å². The lowest BCUT2D eigenvalue weighted by atomic mass is 10.0. The molecule has 86 valence electrons. The maximum atomic E-state index is 12.7. The van der Waals surface area contributed by atoms with Crippen LogP contribution in [0.5, 0.6) is 0 Å². The van der Waals surface area contributed by atoms with E-state index in [1.165, 1.54) is 19.1 Å². The molecule has 2 rings (SSSR count). The molecule has 1 aliphatic carbocycles. The summed E-state index contributed by atoms with van der Waals surface area (Å²) in [5, 5.41) is 0. The van der Waals surface area contributed by atoms with Crippen LogP contribution >= 0.6 is 0 Å². The van der Waals surface area contributed by atoms with Crippen molar-refractivity contribution in [3.8, 4) is 0 Å². The molecular weight excluding hydrogens is 217 g/mol. The number of Topliss-reactive ketones (excluding diaryl/α,β-unsaturated/α-hetero) is 1. The predicted molar refractivity (Wildman–Crippen MR) is 53.0 cm³/mol. The molecule has 1 aromatic carbocycles. The van der Waals surface area contributed by atoms with E-state index in [1.54, 1.807) is 6.07 Å². The molecule has 0 aromatic heterocycles. The van der Waals surface area contributed by atoms with Gasteiger partial charge in [-0.2, -0.15) is 13.2 Å². The van der Waals surface area contributed by atoms with E-state index in [0.29, 0.717) is 6.42 Å². The zero-order chi connectivity index (χ0) is 11.9. The molecule has 2 unspecified atom stereocenters. The summed E-state index contributed by atoms with van der Waals surface area (Å²) in [6.45, 7) is 1.43. The fraction of sp³-hybridized carbons (Fsp3) is 0.417. The highest BCUT2D eigenvalue weighted by Crippen LogP contribution is 2.51. The Morgan fingerprint density at radius 2 is 1.94 bits per heavy atom. The van der Waals surface area contributed by atoms with Crippen molar-refractivity contribution in [2.24, 2.45) is 5.92 Å². The first-order chi connectivity index (χ1) is 7.41. The largest absolute Gasteiger partial charge is 0.416 e. The average molecular weight is 228 g/mol. The van der Waals surface area contributed by atoms with Gasteiger partial charge >= 0.3 is 6.18 Å². The highest BCUT2D eigenvalue weighted by Gasteiger charge is 2.46. The van der Waals surface area contributed by atoms with Gasteiger partial charge in [0.25, 0.3) is 0 Å². The maximum absolute atomic E-state index is 12.7. The van der Waals surface area contributed by atoms with Gasteiger partial charge in [-0.05, 0) is 30.9 Å². The summed E-state index contributed by atoms with van der Waals surface area (Å²) in [6, 6.07) is 5.50. The minimum Gasteiger partial charge on any atom is -0.300 e. The molecule has 4 heteroatoms. The summed E-state index contributed by atoms with van der Waals surface area (Å²) in [7, 11) is 0. The van der Waals surface area contributed by atoms with Crippen LogP contribution in [0.3, 0.4) is 0 Å². The van der Waals surface area contributed by atoms with Gasteiger partial charge in [0.05, 0.1) is 5.56 Å². The highest BCUT2D eigenvalue weighted by molar-refractivity contribution is 5.82. The van der Waals surface area contributed by atoms with Crippen LogP contribution in [0.2, 0.25) is 0 Å². The highest BCUT2D eigenvalue weighted by atomic mass is 19.4. The maximum Gasteiger partial charge on any atom is 0.416 e. The topological polar surface area (TPSA) is 17.1 Å². The van der Waals surface area contributed by atoms with Crippen LogP contribution in [0.15, 0.2) is 24.3 Å². The van der Waals surface area contributed by atoms with Crippen molar-refractivity contribution >= 4 is 5.78 Å². The lowest BCUT2D eigenvalue weighted by Gasteiger charge is -2.11. The van der Waals surface area contributed by atoms with Gasteiger partial charge in [-0.15, -0.1) is 0 Å². The molecular formula is C12H11F3O. The zero-order valence-corrected chi connectivity index (χ0v) is 8.71. The van der Waals surface area contributed by atoms with Gasteiger partial charge in [-0.25, -0.2) is 0 Å².